The molecule has 3 rings (SSSR count). The summed E-state index contributed by atoms with van der Waals surface area (Å²) in [4.78, 5) is 38.1. The number of ether oxygens (including phenoxy) is 1. The summed E-state index contributed by atoms with van der Waals surface area (Å²) in [6.07, 6.45) is 2.77. The number of esters is 1. The van der Waals surface area contributed by atoms with Gasteiger partial charge in [-0.3, -0.25) is 14.7 Å². The maximum absolute atomic E-state index is 12.4. The lowest BCUT2D eigenvalue weighted by Gasteiger charge is -1.96. The Balaban J connectivity index is 2.28. The predicted molar refractivity (Wildman–Crippen MR) is 79.3 cm³/mol. The van der Waals surface area contributed by atoms with Crippen LogP contribution in [-0.4, -0.2) is 33.5 Å². The quantitative estimate of drug-likeness (QED) is 0.520. The summed E-state index contributed by atoms with van der Waals surface area (Å²) >= 11 is 0. The van der Waals surface area contributed by atoms with E-state index in [1.807, 2.05) is 0 Å². The van der Waals surface area contributed by atoms with Gasteiger partial charge in [0.2, 0.25) is 5.43 Å². The van der Waals surface area contributed by atoms with Gasteiger partial charge in [-0.25, -0.2) is 4.79 Å². The molecule has 2 aromatic heterocycles. The van der Waals surface area contributed by atoms with Crippen molar-refractivity contribution in [2.75, 3.05) is 7.11 Å². The fourth-order valence-corrected chi connectivity index (χ4v) is 2.06. The van der Waals surface area contributed by atoms with E-state index in [9.17, 15) is 14.4 Å². The minimum absolute atomic E-state index is 0.0483. The van der Waals surface area contributed by atoms with Crippen molar-refractivity contribution >= 4 is 34.0 Å². The van der Waals surface area contributed by atoms with Crippen molar-refractivity contribution in [2.24, 2.45) is 0 Å². The van der Waals surface area contributed by atoms with Crippen LogP contribution in [0.2, 0.25) is 0 Å². The maximum atomic E-state index is 12.4. The van der Waals surface area contributed by atoms with Gasteiger partial charge in [0.05, 0.1) is 12.6 Å². The Morgan fingerprint density at radius 1 is 1.32 bits per heavy atom. The molecule has 2 N–H and O–H groups in total. The zero-order chi connectivity index (χ0) is 15.7. The summed E-state index contributed by atoms with van der Waals surface area (Å²) in [5.74, 6) is -0.500. The molecule has 1 aromatic carbocycles. The number of benzene rings is 1. The van der Waals surface area contributed by atoms with E-state index in [1.165, 1.54) is 19.3 Å². The van der Waals surface area contributed by atoms with Crippen molar-refractivity contribution in [3.05, 3.63) is 50.4 Å². The fourth-order valence-electron chi connectivity index (χ4n) is 2.06. The van der Waals surface area contributed by atoms with E-state index >= 15 is 0 Å². The molecule has 0 amide bonds. The second kappa shape index (κ2) is 5.24. The van der Waals surface area contributed by atoms with Crippen LogP contribution in [0.5, 0.6) is 0 Å². The average molecular weight is 298 g/mol. The largest absolute Gasteiger partial charge is 0.466 e. The highest BCUT2D eigenvalue weighted by molar-refractivity contribution is 5.90. The number of fused-ring (bicyclic) bond motifs is 2. The number of methoxy groups -OCH3 is 1. The molecule has 8 heteroatoms. The molecule has 0 aliphatic rings. The first-order valence-electron chi connectivity index (χ1n) is 6.27. The van der Waals surface area contributed by atoms with E-state index in [2.05, 4.69) is 25.1 Å². The smallest absolute Gasteiger partial charge is 0.330 e. The van der Waals surface area contributed by atoms with Gasteiger partial charge in [0, 0.05) is 11.5 Å². The van der Waals surface area contributed by atoms with Gasteiger partial charge in [-0.2, -0.15) is 0 Å². The van der Waals surface area contributed by atoms with E-state index in [-0.39, 0.29) is 16.5 Å². The molecule has 22 heavy (non-hydrogen) atoms. The minimum Gasteiger partial charge on any atom is -0.466 e. The molecule has 110 valence electrons. The number of nitrogens with one attached hydrogen (secondary N) is 2. The molecule has 3 aromatic rings. The molecule has 0 unspecified atom stereocenters. The van der Waals surface area contributed by atoms with Gasteiger partial charge in [0.25, 0.3) is 5.56 Å². The molecular formula is C14H10N4O4. The zero-order valence-corrected chi connectivity index (χ0v) is 11.4. The molecule has 0 saturated carbocycles. The van der Waals surface area contributed by atoms with Gasteiger partial charge >= 0.3 is 5.97 Å². The Hall–Kier alpha value is -3.29. The zero-order valence-electron chi connectivity index (χ0n) is 11.4. The van der Waals surface area contributed by atoms with Crippen LogP contribution in [0.1, 0.15) is 5.56 Å². The van der Waals surface area contributed by atoms with Crippen molar-refractivity contribution in [3.8, 4) is 0 Å². The Labute approximate surface area is 122 Å². The van der Waals surface area contributed by atoms with E-state index in [1.54, 1.807) is 18.2 Å². The normalized spacial score (nSPS) is 11.3. The molecular weight excluding hydrogens is 288 g/mol. The van der Waals surface area contributed by atoms with Crippen molar-refractivity contribution < 1.29 is 9.53 Å². The van der Waals surface area contributed by atoms with Crippen LogP contribution in [0, 0.1) is 0 Å². The fraction of sp³-hybridized carbons (Fsp3) is 0.0714. The number of carbonyl (C=O) groups excluding carboxylic acids is 1. The SMILES string of the molecule is COC(=O)/C=C/c1ccc2c(=O)c3[nH]nnc3c(=O)[nH]c2c1. The van der Waals surface area contributed by atoms with Gasteiger partial charge in [-0.1, -0.05) is 11.3 Å². The highest BCUT2D eigenvalue weighted by Gasteiger charge is 2.09. The van der Waals surface area contributed by atoms with Crippen LogP contribution in [0.3, 0.4) is 0 Å². The summed E-state index contributed by atoms with van der Waals surface area (Å²) in [5, 5.41) is 9.83. The number of hydrogen-bond donors (Lipinski definition) is 2. The molecule has 0 fully saturated rings. The summed E-state index contributed by atoms with van der Waals surface area (Å²) in [6, 6.07) is 4.80. The minimum atomic E-state index is -0.523. The Morgan fingerprint density at radius 2 is 2.14 bits per heavy atom. The summed E-state index contributed by atoms with van der Waals surface area (Å²) < 4.78 is 4.50. The van der Waals surface area contributed by atoms with Crippen molar-refractivity contribution in [1.29, 1.82) is 0 Å². The van der Waals surface area contributed by atoms with Crippen molar-refractivity contribution in [2.45, 2.75) is 0 Å². The van der Waals surface area contributed by atoms with Crippen LogP contribution < -0.4 is 11.0 Å². The number of nitrogens with zero attached hydrogens (tertiary/aromatic N) is 2. The van der Waals surface area contributed by atoms with Crippen LogP contribution in [-0.2, 0) is 9.53 Å². The molecule has 0 radical (unpaired) electrons. The Bertz CT molecular complexity index is 1030. The summed E-state index contributed by atoms with van der Waals surface area (Å²) in [6.45, 7) is 0. The number of aromatic nitrogens is 4. The molecule has 0 atom stereocenters. The van der Waals surface area contributed by atoms with Crippen molar-refractivity contribution in [3.63, 3.8) is 0 Å². The molecule has 0 aliphatic carbocycles. The topological polar surface area (TPSA) is 118 Å². The lowest BCUT2D eigenvalue weighted by molar-refractivity contribution is -0.134. The molecule has 0 spiro atoms. The molecule has 0 saturated heterocycles. The van der Waals surface area contributed by atoms with Gasteiger partial charge < -0.3 is 9.72 Å². The van der Waals surface area contributed by atoms with Gasteiger partial charge in [-0.05, 0) is 23.8 Å². The number of H-pyrrole nitrogens is 2. The standard InChI is InChI=1S/C14H10N4O4/c1-22-10(19)5-3-7-2-4-8-9(6-7)15-14(21)12-11(13(8)20)16-18-17-12/h2-6H,1H3,(H,15,21)(H,16,17,18)/b5-3+. The Morgan fingerprint density at radius 3 is 2.91 bits per heavy atom. The third-order valence-electron chi connectivity index (χ3n) is 3.14. The van der Waals surface area contributed by atoms with Crippen LogP contribution in [0.15, 0.2) is 33.9 Å². The molecule has 8 nitrogen and oxygen atoms in total. The van der Waals surface area contributed by atoms with E-state index in [0.29, 0.717) is 16.5 Å². The third-order valence-corrected chi connectivity index (χ3v) is 3.14. The van der Waals surface area contributed by atoms with Crippen LogP contribution in [0.4, 0.5) is 0 Å². The summed E-state index contributed by atoms with van der Waals surface area (Å²) in [7, 11) is 1.28. The monoisotopic (exact) mass is 298 g/mol. The first-order chi connectivity index (χ1) is 10.6. The van der Waals surface area contributed by atoms with Crippen LogP contribution in [0.25, 0.3) is 28.0 Å². The average Bonchev–Trinajstić information content (AvgIpc) is 2.98. The van der Waals surface area contributed by atoms with Gasteiger partial charge in [0.1, 0.15) is 5.52 Å². The summed E-state index contributed by atoms with van der Waals surface area (Å²) in [5.41, 5.74) is 0.0751. The number of rotatable bonds is 2. The predicted octanol–water partition coefficient (Wildman–Crippen LogP) is 0.346. The van der Waals surface area contributed by atoms with Gasteiger partial charge in [-0.15, -0.1) is 5.10 Å². The second-order valence-electron chi connectivity index (χ2n) is 4.48. The van der Waals surface area contributed by atoms with E-state index < -0.39 is 11.5 Å². The number of aromatic amines is 2. The Kier molecular flexibility index (Phi) is 3.26. The third kappa shape index (κ3) is 2.26. The molecule has 2 heterocycles. The second-order valence-corrected chi connectivity index (χ2v) is 4.48. The lowest BCUT2D eigenvalue weighted by Crippen LogP contribution is -2.02. The van der Waals surface area contributed by atoms with E-state index in [4.69, 9.17) is 0 Å². The molecule has 0 bridgehead atoms. The van der Waals surface area contributed by atoms with E-state index in [0.717, 1.165) is 0 Å². The lowest BCUT2D eigenvalue weighted by atomic mass is 10.1. The molecule has 0 aliphatic heterocycles. The highest BCUT2D eigenvalue weighted by Crippen LogP contribution is 2.12. The number of hydrogen-bond acceptors (Lipinski definition) is 6. The van der Waals surface area contributed by atoms with Crippen molar-refractivity contribution in [1.82, 2.24) is 20.4 Å². The highest BCUT2D eigenvalue weighted by atomic mass is 16.5. The maximum Gasteiger partial charge on any atom is 0.330 e. The van der Waals surface area contributed by atoms with Crippen LogP contribution >= 0.6 is 0 Å². The first kappa shape index (κ1) is 13.7. The van der Waals surface area contributed by atoms with Gasteiger partial charge in [0.15, 0.2) is 5.52 Å². The first-order valence-corrected chi connectivity index (χ1v) is 6.27. The number of carbonyl (C=O) groups is 1.